The summed E-state index contributed by atoms with van der Waals surface area (Å²) in [5, 5.41) is 10.7. The third-order valence-corrected chi connectivity index (χ3v) is 21.9. The SMILES string of the molecule is CCCCCCCCCCCCCCC(=O)OC[C@H](COP(=O)(O)OC[C@H](O)COP(=O)(O)OC[C@@H](COC(=O)CCCCCCCCCCCCCCCCC(C)CC)OC(=O)CCCCCCCCCCCCCCCCCCCCC(C)C)OC(=O)CCCCCCCCCCCC(C)C. The summed E-state index contributed by atoms with van der Waals surface area (Å²) >= 11 is 0. The number of aliphatic hydroxyl groups excluding tert-OH is 1. The predicted octanol–water partition coefficient (Wildman–Crippen LogP) is 25.3. The van der Waals surface area contributed by atoms with Crippen molar-refractivity contribution in [2.45, 2.75) is 458 Å². The highest BCUT2D eigenvalue weighted by atomic mass is 31.2. The highest BCUT2D eigenvalue weighted by molar-refractivity contribution is 7.47. The van der Waals surface area contributed by atoms with Gasteiger partial charge in [-0.05, 0) is 43.4 Å². The van der Waals surface area contributed by atoms with Gasteiger partial charge in [-0.2, -0.15) is 0 Å². The topological polar surface area (TPSA) is 237 Å². The normalized spacial score (nSPS) is 14.2. The summed E-state index contributed by atoms with van der Waals surface area (Å²) in [5.41, 5.74) is 0. The van der Waals surface area contributed by atoms with Crippen LogP contribution in [0.2, 0.25) is 0 Å². The van der Waals surface area contributed by atoms with Crippen LogP contribution in [0, 0.1) is 17.8 Å². The minimum Gasteiger partial charge on any atom is -0.462 e. The van der Waals surface area contributed by atoms with Crippen LogP contribution < -0.4 is 0 Å². The Kier molecular flexibility index (Phi) is 72.8. The molecule has 0 spiro atoms. The van der Waals surface area contributed by atoms with E-state index in [0.717, 1.165) is 108 Å². The van der Waals surface area contributed by atoms with Gasteiger partial charge in [0.25, 0.3) is 0 Å². The average molecular weight is 1510 g/mol. The van der Waals surface area contributed by atoms with E-state index in [1.54, 1.807) is 0 Å². The van der Waals surface area contributed by atoms with Crippen LogP contribution in [0.25, 0.3) is 0 Å². The largest absolute Gasteiger partial charge is 0.472 e. The van der Waals surface area contributed by atoms with Crippen molar-refractivity contribution in [3.8, 4) is 0 Å². The summed E-state index contributed by atoms with van der Waals surface area (Å²) in [7, 11) is -9.92. The summed E-state index contributed by atoms with van der Waals surface area (Å²) in [5.74, 6) is 0.300. The van der Waals surface area contributed by atoms with Gasteiger partial charge in [-0.15, -0.1) is 0 Å². The number of phosphoric acid groups is 2. The quantitative estimate of drug-likeness (QED) is 0.0222. The van der Waals surface area contributed by atoms with Gasteiger partial charge in [-0.25, -0.2) is 9.13 Å². The van der Waals surface area contributed by atoms with Crippen LogP contribution in [0.4, 0.5) is 0 Å². The maximum atomic E-state index is 13.1. The number of carbonyl (C=O) groups is 4. The van der Waals surface area contributed by atoms with E-state index in [9.17, 15) is 43.2 Å². The lowest BCUT2D eigenvalue weighted by atomic mass is 9.99. The Bertz CT molecular complexity index is 1990. The zero-order chi connectivity index (χ0) is 75.8. The molecule has 0 heterocycles. The Morgan fingerprint density at radius 1 is 0.282 bits per heavy atom. The summed E-state index contributed by atoms with van der Waals surface area (Å²) in [6, 6.07) is 0. The number of phosphoric ester groups is 2. The molecular weight excluding hydrogens is 1340 g/mol. The van der Waals surface area contributed by atoms with Gasteiger partial charge in [0.05, 0.1) is 26.4 Å². The minimum atomic E-state index is -4.97. The molecule has 6 atom stereocenters. The Labute approximate surface area is 632 Å². The zero-order valence-electron chi connectivity index (χ0n) is 67.8. The molecule has 0 aromatic heterocycles. The third kappa shape index (κ3) is 76.6. The number of unbranched alkanes of at least 4 members (excludes halogenated alkanes) is 49. The van der Waals surface area contributed by atoms with E-state index in [4.69, 9.17) is 37.0 Å². The van der Waals surface area contributed by atoms with E-state index in [1.165, 1.54) is 250 Å². The smallest absolute Gasteiger partial charge is 0.462 e. The molecule has 0 aromatic carbocycles. The molecule has 0 aliphatic heterocycles. The van der Waals surface area contributed by atoms with Gasteiger partial charge in [0, 0.05) is 25.7 Å². The average Bonchev–Trinajstić information content (AvgIpc) is 0.906. The molecule has 0 aliphatic rings. The van der Waals surface area contributed by atoms with Gasteiger partial charge in [-0.3, -0.25) is 37.3 Å². The number of esters is 4. The van der Waals surface area contributed by atoms with Gasteiger partial charge in [0.15, 0.2) is 12.2 Å². The van der Waals surface area contributed by atoms with E-state index in [-0.39, 0.29) is 25.7 Å². The van der Waals surface area contributed by atoms with E-state index < -0.39 is 97.5 Å². The molecule has 0 saturated heterocycles. The maximum absolute atomic E-state index is 13.1. The van der Waals surface area contributed by atoms with Crippen molar-refractivity contribution in [1.29, 1.82) is 0 Å². The summed E-state index contributed by atoms with van der Waals surface area (Å²) in [4.78, 5) is 73.1. The fraction of sp³-hybridized carbons (Fsp3) is 0.952. The molecule has 3 N–H and O–H groups in total. The first kappa shape index (κ1) is 101. The summed E-state index contributed by atoms with van der Waals surface area (Å²) in [6.45, 7) is 12.0. The molecule has 0 bridgehead atoms. The summed E-state index contributed by atoms with van der Waals surface area (Å²) < 4.78 is 68.8. The highest BCUT2D eigenvalue weighted by Gasteiger charge is 2.30. The lowest BCUT2D eigenvalue weighted by Crippen LogP contribution is -2.30. The van der Waals surface area contributed by atoms with Crippen LogP contribution in [0.5, 0.6) is 0 Å². The van der Waals surface area contributed by atoms with Crippen molar-refractivity contribution in [1.82, 2.24) is 0 Å². The molecule has 0 fully saturated rings. The van der Waals surface area contributed by atoms with Crippen molar-refractivity contribution >= 4 is 39.5 Å². The Morgan fingerprint density at radius 2 is 0.495 bits per heavy atom. The molecular formula is C84H164O17P2. The van der Waals surface area contributed by atoms with Crippen molar-refractivity contribution in [2.24, 2.45) is 17.8 Å². The van der Waals surface area contributed by atoms with E-state index >= 15 is 0 Å². The molecule has 103 heavy (non-hydrogen) atoms. The molecule has 0 radical (unpaired) electrons. The maximum Gasteiger partial charge on any atom is 0.472 e. The molecule has 0 saturated carbocycles. The van der Waals surface area contributed by atoms with Crippen LogP contribution in [-0.4, -0.2) is 96.7 Å². The Morgan fingerprint density at radius 3 is 0.738 bits per heavy atom. The number of ether oxygens (including phenoxy) is 4. The molecule has 0 rings (SSSR count). The number of hydrogen-bond donors (Lipinski definition) is 3. The fourth-order valence-corrected chi connectivity index (χ4v) is 14.6. The molecule has 3 unspecified atom stereocenters. The van der Waals surface area contributed by atoms with Crippen LogP contribution >= 0.6 is 15.6 Å². The van der Waals surface area contributed by atoms with Crippen LogP contribution in [0.3, 0.4) is 0 Å². The molecule has 0 aliphatic carbocycles. The molecule has 19 heteroatoms. The second-order valence-electron chi connectivity index (χ2n) is 31.4. The van der Waals surface area contributed by atoms with Gasteiger partial charge < -0.3 is 33.8 Å². The lowest BCUT2D eigenvalue weighted by Gasteiger charge is -2.21. The first-order valence-corrected chi connectivity index (χ1v) is 46.4. The first-order valence-electron chi connectivity index (χ1n) is 43.4. The van der Waals surface area contributed by atoms with Gasteiger partial charge in [-0.1, -0.05) is 389 Å². The minimum absolute atomic E-state index is 0.106. The lowest BCUT2D eigenvalue weighted by molar-refractivity contribution is -0.161. The van der Waals surface area contributed by atoms with Gasteiger partial charge in [0.1, 0.15) is 19.3 Å². The Hall–Kier alpha value is -1.94. The number of aliphatic hydroxyl groups is 1. The first-order chi connectivity index (χ1) is 49.8. The fourth-order valence-electron chi connectivity index (χ4n) is 13.0. The van der Waals surface area contributed by atoms with Gasteiger partial charge in [0.2, 0.25) is 0 Å². The number of carbonyl (C=O) groups excluding carboxylic acids is 4. The third-order valence-electron chi connectivity index (χ3n) is 20.0. The number of hydrogen-bond acceptors (Lipinski definition) is 15. The molecule has 612 valence electrons. The highest BCUT2D eigenvalue weighted by Crippen LogP contribution is 2.45. The zero-order valence-corrected chi connectivity index (χ0v) is 69.6. The van der Waals surface area contributed by atoms with E-state index in [1.807, 2.05) is 0 Å². The van der Waals surface area contributed by atoms with Crippen LogP contribution in [0.15, 0.2) is 0 Å². The second kappa shape index (κ2) is 74.2. The van der Waals surface area contributed by atoms with E-state index in [2.05, 4.69) is 48.5 Å². The standard InChI is InChI=1S/C84H164O17P2/c1-8-10-11-12-13-14-15-30-37-44-51-58-65-81(86)94-72-80(101-84(89)68-61-54-47-40-33-35-42-49-56-63-76(5)6)74-99-103(92,93)97-70-78(85)69-96-102(90,91)98-73-79(71-95-82(87)66-59-52-45-38-31-26-23-22-25-29-36-43-50-57-64-77(7)9-2)100-83(88)67-60-53-46-39-32-27-21-19-17-16-18-20-24-28-34-41-48-55-62-75(3)4/h75-80,85H,8-74H2,1-7H3,(H,90,91)(H,92,93)/t77?,78-,79-,80-/m1/s1. The van der Waals surface area contributed by atoms with E-state index in [0.29, 0.717) is 25.7 Å². The second-order valence-corrected chi connectivity index (χ2v) is 34.3. The predicted molar refractivity (Wildman–Crippen MR) is 423 cm³/mol. The van der Waals surface area contributed by atoms with Gasteiger partial charge >= 0.3 is 39.5 Å². The Balaban J connectivity index is 5.23. The van der Waals surface area contributed by atoms with Crippen LogP contribution in [-0.2, 0) is 65.4 Å². The monoisotopic (exact) mass is 1510 g/mol. The van der Waals surface area contributed by atoms with Crippen molar-refractivity contribution in [2.75, 3.05) is 39.6 Å². The van der Waals surface area contributed by atoms with Crippen molar-refractivity contribution in [3.63, 3.8) is 0 Å². The number of rotatable bonds is 82. The van der Waals surface area contributed by atoms with Crippen molar-refractivity contribution < 1.29 is 80.2 Å². The molecule has 0 aromatic rings. The van der Waals surface area contributed by atoms with Crippen LogP contribution in [0.1, 0.15) is 440 Å². The van der Waals surface area contributed by atoms with Crippen molar-refractivity contribution in [3.05, 3.63) is 0 Å². The molecule has 0 amide bonds. The molecule has 17 nitrogen and oxygen atoms in total. The summed E-state index contributed by atoms with van der Waals surface area (Å²) in [6.07, 6.45) is 63.8.